The molecule has 0 aliphatic carbocycles. The summed E-state index contributed by atoms with van der Waals surface area (Å²) in [7, 11) is 0. The number of carbonyl (C=O) groups is 2. The van der Waals surface area contributed by atoms with Gasteiger partial charge in [0.2, 0.25) is 5.91 Å². The average molecular weight is 332 g/mol. The molecule has 1 amide bonds. The van der Waals surface area contributed by atoms with Gasteiger partial charge in [-0.05, 0) is 6.92 Å². The summed E-state index contributed by atoms with van der Waals surface area (Å²) in [6.45, 7) is 4.12. The van der Waals surface area contributed by atoms with E-state index in [1.54, 1.807) is 11.8 Å². The lowest BCUT2D eigenvalue weighted by molar-refractivity contribution is -0.117. The molecule has 1 aromatic carbocycles. The number of amides is 1. The van der Waals surface area contributed by atoms with Gasteiger partial charge in [-0.3, -0.25) is 14.5 Å². The van der Waals surface area contributed by atoms with Crippen LogP contribution in [0.1, 0.15) is 18.2 Å². The number of aromatic nitrogens is 1. The van der Waals surface area contributed by atoms with Gasteiger partial charge in [-0.15, -0.1) is 11.3 Å². The van der Waals surface area contributed by atoms with E-state index in [0.29, 0.717) is 13.0 Å². The monoisotopic (exact) mass is 332 g/mol. The van der Waals surface area contributed by atoms with E-state index in [9.17, 15) is 9.59 Å². The molecule has 1 aliphatic heterocycles. The van der Waals surface area contributed by atoms with Crippen LogP contribution in [0.3, 0.4) is 0 Å². The lowest BCUT2D eigenvalue weighted by Crippen LogP contribution is -2.24. The Hall–Kier alpha value is -1.66. The van der Waals surface area contributed by atoms with Crippen molar-refractivity contribution in [3.63, 3.8) is 0 Å². The summed E-state index contributed by atoms with van der Waals surface area (Å²) in [6, 6.07) is 9.97. The molecule has 6 heteroatoms. The summed E-state index contributed by atoms with van der Waals surface area (Å²) in [5, 5.41) is 0.822. The van der Waals surface area contributed by atoms with Gasteiger partial charge < -0.3 is 0 Å². The van der Waals surface area contributed by atoms with Gasteiger partial charge in [0.15, 0.2) is 10.2 Å². The standard InChI is InChI=1S/C16H16N2O2S2/c1-10-15(12-6-4-3-5-7-12)17-16(21-10)18-9-13(8-14(18)20)22-11(2)19/h3-7,13H,8-9H2,1-2H3. The summed E-state index contributed by atoms with van der Waals surface area (Å²) in [4.78, 5) is 30.9. The fourth-order valence-corrected chi connectivity index (χ4v) is 4.41. The van der Waals surface area contributed by atoms with E-state index in [1.165, 1.54) is 23.1 Å². The van der Waals surface area contributed by atoms with E-state index in [2.05, 4.69) is 4.98 Å². The minimum atomic E-state index is 0.0365. The van der Waals surface area contributed by atoms with Gasteiger partial charge in [0.25, 0.3) is 0 Å². The van der Waals surface area contributed by atoms with Crippen LogP contribution >= 0.6 is 23.1 Å². The molecule has 2 heterocycles. The zero-order valence-corrected chi connectivity index (χ0v) is 14.0. The van der Waals surface area contributed by atoms with Gasteiger partial charge in [0.1, 0.15) is 0 Å². The summed E-state index contributed by atoms with van der Waals surface area (Å²) in [5.41, 5.74) is 1.99. The predicted molar refractivity (Wildman–Crippen MR) is 91.3 cm³/mol. The fraction of sp³-hybridized carbons (Fsp3) is 0.312. The number of rotatable bonds is 3. The Morgan fingerprint density at radius 3 is 2.77 bits per heavy atom. The van der Waals surface area contributed by atoms with Crippen molar-refractivity contribution in [3.05, 3.63) is 35.2 Å². The quantitative estimate of drug-likeness (QED) is 0.863. The lowest BCUT2D eigenvalue weighted by atomic mass is 10.1. The number of benzene rings is 1. The predicted octanol–water partition coefficient (Wildman–Crippen LogP) is 3.50. The van der Waals surface area contributed by atoms with Crippen molar-refractivity contribution < 1.29 is 9.59 Å². The molecule has 22 heavy (non-hydrogen) atoms. The molecule has 0 spiro atoms. The van der Waals surface area contributed by atoms with Crippen LogP contribution in [0.2, 0.25) is 0 Å². The number of thiazole rings is 1. The van der Waals surface area contributed by atoms with Crippen molar-refractivity contribution in [3.8, 4) is 11.3 Å². The van der Waals surface area contributed by atoms with Crippen LogP contribution in [0.5, 0.6) is 0 Å². The van der Waals surface area contributed by atoms with E-state index in [4.69, 9.17) is 0 Å². The zero-order chi connectivity index (χ0) is 15.7. The maximum atomic E-state index is 12.2. The zero-order valence-electron chi connectivity index (χ0n) is 12.4. The summed E-state index contributed by atoms with van der Waals surface area (Å²) < 4.78 is 0. The summed E-state index contributed by atoms with van der Waals surface area (Å²) in [6.07, 6.45) is 0.406. The average Bonchev–Trinajstić information content (AvgIpc) is 3.02. The highest BCUT2D eigenvalue weighted by molar-refractivity contribution is 8.14. The molecule has 1 saturated heterocycles. The second-order valence-electron chi connectivity index (χ2n) is 5.21. The first-order chi connectivity index (χ1) is 10.5. The molecular weight excluding hydrogens is 316 g/mol. The Labute approximate surface area is 137 Å². The molecule has 114 valence electrons. The second kappa shape index (κ2) is 6.22. The Balaban J connectivity index is 1.84. The maximum Gasteiger partial charge on any atom is 0.230 e. The molecule has 1 aliphatic rings. The topological polar surface area (TPSA) is 50.3 Å². The third kappa shape index (κ3) is 3.08. The first-order valence-electron chi connectivity index (χ1n) is 7.05. The SMILES string of the molecule is CC(=O)SC1CC(=O)N(c2nc(-c3ccccc3)c(C)s2)C1. The van der Waals surface area contributed by atoms with Crippen molar-refractivity contribution >= 4 is 39.3 Å². The van der Waals surface area contributed by atoms with Gasteiger partial charge in [0.05, 0.1) is 5.69 Å². The normalized spacial score (nSPS) is 18.0. The van der Waals surface area contributed by atoms with Crippen LogP contribution in [0.4, 0.5) is 5.13 Å². The second-order valence-corrected chi connectivity index (χ2v) is 7.87. The minimum absolute atomic E-state index is 0.0365. The van der Waals surface area contributed by atoms with Crippen molar-refractivity contribution in [1.82, 2.24) is 4.98 Å². The molecular formula is C16H16N2O2S2. The first kappa shape index (κ1) is 15.2. The van der Waals surface area contributed by atoms with Crippen molar-refractivity contribution in [2.45, 2.75) is 25.5 Å². The van der Waals surface area contributed by atoms with Crippen LogP contribution in [-0.4, -0.2) is 27.8 Å². The van der Waals surface area contributed by atoms with Gasteiger partial charge in [-0.2, -0.15) is 0 Å². The van der Waals surface area contributed by atoms with Crippen LogP contribution in [-0.2, 0) is 9.59 Å². The van der Waals surface area contributed by atoms with E-state index < -0.39 is 0 Å². The Kier molecular flexibility index (Phi) is 4.31. The molecule has 0 radical (unpaired) electrons. The smallest absolute Gasteiger partial charge is 0.230 e. The number of hydrogen-bond donors (Lipinski definition) is 0. The van der Waals surface area contributed by atoms with Crippen molar-refractivity contribution in [1.29, 1.82) is 0 Å². The van der Waals surface area contributed by atoms with Gasteiger partial charge in [-0.25, -0.2) is 4.98 Å². The fourth-order valence-electron chi connectivity index (χ4n) is 2.54. The minimum Gasteiger partial charge on any atom is -0.288 e. The Morgan fingerprint density at radius 2 is 2.09 bits per heavy atom. The van der Waals surface area contributed by atoms with Gasteiger partial charge in [-0.1, -0.05) is 42.1 Å². The molecule has 1 unspecified atom stereocenters. The van der Waals surface area contributed by atoms with E-state index in [-0.39, 0.29) is 16.3 Å². The molecule has 1 fully saturated rings. The maximum absolute atomic E-state index is 12.2. The Morgan fingerprint density at radius 1 is 1.36 bits per heavy atom. The van der Waals surface area contributed by atoms with Crippen molar-refractivity contribution in [2.75, 3.05) is 11.4 Å². The van der Waals surface area contributed by atoms with Crippen LogP contribution < -0.4 is 4.90 Å². The highest BCUT2D eigenvalue weighted by Gasteiger charge is 2.33. The molecule has 0 bridgehead atoms. The lowest BCUT2D eigenvalue weighted by Gasteiger charge is -2.12. The summed E-state index contributed by atoms with van der Waals surface area (Å²) in [5.74, 6) is 0.0483. The number of nitrogens with zero attached hydrogens (tertiary/aromatic N) is 2. The third-order valence-electron chi connectivity index (χ3n) is 3.49. The van der Waals surface area contributed by atoms with E-state index in [0.717, 1.165) is 21.3 Å². The number of carbonyl (C=O) groups excluding carboxylic acids is 2. The van der Waals surface area contributed by atoms with Crippen molar-refractivity contribution in [2.24, 2.45) is 0 Å². The van der Waals surface area contributed by atoms with Gasteiger partial charge in [0, 0.05) is 35.6 Å². The summed E-state index contributed by atoms with van der Waals surface area (Å²) >= 11 is 2.78. The van der Waals surface area contributed by atoms with Crippen LogP contribution in [0.25, 0.3) is 11.3 Å². The van der Waals surface area contributed by atoms with Gasteiger partial charge >= 0.3 is 0 Å². The highest BCUT2D eigenvalue weighted by atomic mass is 32.2. The van der Waals surface area contributed by atoms with Crippen LogP contribution in [0, 0.1) is 6.92 Å². The highest BCUT2D eigenvalue weighted by Crippen LogP contribution is 2.36. The largest absolute Gasteiger partial charge is 0.288 e. The molecule has 4 nitrogen and oxygen atoms in total. The first-order valence-corrected chi connectivity index (χ1v) is 8.74. The molecule has 1 aromatic heterocycles. The number of anilines is 1. The number of hydrogen-bond acceptors (Lipinski definition) is 5. The molecule has 0 saturated carbocycles. The molecule has 0 N–H and O–H groups in total. The van der Waals surface area contributed by atoms with E-state index >= 15 is 0 Å². The molecule has 2 aromatic rings. The molecule has 3 rings (SSSR count). The third-order valence-corrected chi connectivity index (χ3v) is 5.46. The number of aryl methyl sites for hydroxylation is 1. The Bertz CT molecular complexity index is 712. The molecule has 1 atom stereocenters. The number of thioether (sulfide) groups is 1. The van der Waals surface area contributed by atoms with E-state index in [1.807, 2.05) is 37.3 Å². The van der Waals surface area contributed by atoms with Crippen LogP contribution in [0.15, 0.2) is 30.3 Å².